The Balaban J connectivity index is 0.00000338. The van der Waals surface area contributed by atoms with Crippen molar-refractivity contribution >= 4 is 29.9 Å². The van der Waals surface area contributed by atoms with E-state index in [9.17, 15) is 5.11 Å². The van der Waals surface area contributed by atoms with Gasteiger partial charge in [-0.25, -0.2) is 0 Å². The van der Waals surface area contributed by atoms with Crippen LogP contribution in [-0.2, 0) is 6.42 Å². The lowest BCUT2D eigenvalue weighted by Crippen LogP contribution is -2.47. The molecule has 2 rings (SSSR count). The number of aliphatic imine (C=N–C) groups is 1. The first-order valence-corrected chi connectivity index (χ1v) is 9.75. The predicted octanol–water partition coefficient (Wildman–Crippen LogP) is 4.08. The molecular weight excluding hydrogens is 437 g/mol. The first-order chi connectivity index (χ1) is 12.0. The second-order valence-electron chi connectivity index (χ2n) is 7.89. The van der Waals surface area contributed by atoms with Gasteiger partial charge in [-0.15, -0.1) is 24.0 Å². The van der Waals surface area contributed by atoms with Crippen molar-refractivity contribution in [3.05, 3.63) is 35.9 Å². The maximum absolute atomic E-state index is 9.70. The first-order valence-electron chi connectivity index (χ1n) is 9.75. The Bertz CT molecular complexity index is 525. The molecule has 0 aliphatic carbocycles. The van der Waals surface area contributed by atoms with Crippen LogP contribution < -0.4 is 5.32 Å². The molecule has 1 aliphatic heterocycles. The fraction of sp³-hybridized carbons (Fsp3) is 0.667. The van der Waals surface area contributed by atoms with Crippen LogP contribution in [0, 0.1) is 5.41 Å². The smallest absolute Gasteiger partial charge is 0.193 e. The van der Waals surface area contributed by atoms with E-state index in [1.165, 1.54) is 18.4 Å². The molecule has 148 valence electrons. The molecule has 0 bridgehead atoms. The number of benzene rings is 1. The standard InChI is InChI=1S/C21H35N3O.HI/c1-4-22-20(24-15-12-19(25)13-16-24)23-17-21(2,3)14-8-11-18-9-6-5-7-10-18;/h5-7,9-10,19,25H,4,8,11-17H2,1-3H3,(H,22,23);1H. The highest BCUT2D eigenvalue weighted by molar-refractivity contribution is 14.0. The second kappa shape index (κ2) is 11.8. The average Bonchev–Trinajstić information content (AvgIpc) is 2.60. The SMILES string of the molecule is CCNC(=NCC(C)(C)CCCc1ccccc1)N1CCC(O)CC1.I. The minimum atomic E-state index is -0.145. The van der Waals surface area contributed by atoms with E-state index in [-0.39, 0.29) is 35.5 Å². The van der Waals surface area contributed by atoms with E-state index < -0.39 is 0 Å². The van der Waals surface area contributed by atoms with Gasteiger partial charge in [-0.1, -0.05) is 44.2 Å². The van der Waals surface area contributed by atoms with Crippen LogP contribution in [0.4, 0.5) is 0 Å². The van der Waals surface area contributed by atoms with Gasteiger partial charge in [0.15, 0.2) is 5.96 Å². The molecule has 0 saturated carbocycles. The fourth-order valence-electron chi connectivity index (χ4n) is 3.29. The second-order valence-corrected chi connectivity index (χ2v) is 7.89. The lowest BCUT2D eigenvalue weighted by atomic mass is 9.86. The Kier molecular flexibility index (Phi) is 10.5. The fourth-order valence-corrected chi connectivity index (χ4v) is 3.29. The molecule has 4 nitrogen and oxygen atoms in total. The van der Waals surface area contributed by atoms with E-state index in [2.05, 4.69) is 61.3 Å². The number of likely N-dealkylation sites (tertiary alicyclic amines) is 1. The minimum Gasteiger partial charge on any atom is -0.393 e. The summed E-state index contributed by atoms with van der Waals surface area (Å²) in [5, 5.41) is 13.1. The molecule has 26 heavy (non-hydrogen) atoms. The van der Waals surface area contributed by atoms with Crippen molar-refractivity contribution in [3.8, 4) is 0 Å². The molecule has 1 aromatic rings. The quantitative estimate of drug-likeness (QED) is 0.357. The summed E-state index contributed by atoms with van der Waals surface area (Å²) in [6, 6.07) is 10.7. The molecule has 0 aromatic heterocycles. The van der Waals surface area contributed by atoms with Crippen molar-refractivity contribution in [2.24, 2.45) is 10.4 Å². The van der Waals surface area contributed by atoms with Gasteiger partial charge in [0.2, 0.25) is 0 Å². The molecule has 2 N–H and O–H groups in total. The van der Waals surface area contributed by atoms with E-state index in [0.29, 0.717) is 0 Å². The number of halogens is 1. The number of aryl methyl sites for hydroxylation is 1. The van der Waals surface area contributed by atoms with Crippen LogP contribution in [0.2, 0.25) is 0 Å². The zero-order valence-electron chi connectivity index (χ0n) is 16.6. The van der Waals surface area contributed by atoms with Gasteiger partial charge in [0, 0.05) is 26.2 Å². The average molecular weight is 473 g/mol. The number of rotatable bonds is 7. The Hall–Kier alpha value is -0.820. The molecular formula is C21H36IN3O. The van der Waals surface area contributed by atoms with Crippen LogP contribution in [-0.4, -0.2) is 48.2 Å². The zero-order valence-corrected chi connectivity index (χ0v) is 18.9. The Morgan fingerprint density at radius 1 is 1.23 bits per heavy atom. The van der Waals surface area contributed by atoms with Crippen LogP contribution in [0.1, 0.15) is 52.0 Å². The maximum Gasteiger partial charge on any atom is 0.193 e. The van der Waals surface area contributed by atoms with Gasteiger partial charge in [0.1, 0.15) is 0 Å². The lowest BCUT2D eigenvalue weighted by Gasteiger charge is -2.33. The summed E-state index contributed by atoms with van der Waals surface area (Å²) in [6.45, 7) is 10.2. The number of guanidine groups is 1. The summed E-state index contributed by atoms with van der Waals surface area (Å²) in [5.74, 6) is 1.01. The molecule has 0 atom stereocenters. The highest BCUT2D eigenvalue weighted by atomic mass is 127. The third-order valence-corrected chi connectivity index (χ3v) is 4.92. The van der Waals surface area contributed by atoms with Crippen molar-refractivity contribution < 1.29 is 5.11 Å². The molecule has 1 saturated heterocycles. The molecule has 1 fully saturated rings. The molecule has 1 aliphatic rings. The molecule has 0 spiro atoms. The van der Waals surface area contributed by atoms with Crippen LogP contribution in [0.25, 0.3) is 0 Å². The van der Waals surface area contributed by atoms with Crippen LogP contribution in [0.3, 0.4) is 0 Å². The van der Waals surface area contributed by atoms with Crippen molar-refractivity contribution in [1.29, 1.82) is 0 Å². The molecule has 1 aromatic carbocycles. The summed E-state index contributed by atoms with van der Waals surface area (Å²) in [4.78, 5) is 7.20. The van der Waals surface area contributed by atoms with E-state index in [1.54, 1.807) is 0 Å². The van der Waals surface area contributed by atoms with Crippen molar-refractivity contribution in [2.45, 2.75) is 59.0 Å². The number of piperidine rings is 1. The van der Waals surface area contributed by atoms with E-state index in [4.69, 9.17) is 4.99 Å². The first kappa shape index (κ1) is 23.2. The molecule has 1 heterocycles. The number of nitrogens with zero attached hydrogens (tertiary/aromatic N) is 2. The summed E-state index contributed by atoms with van der Waals surface area (Å²) in [7, 11) is 0. The van der Waals surface area contributed by atoms with Gasteiger partial charge in [-0.2, -0.15) is 0 Å². The van der Waals surface area contributed by atoms with Gasteiger partial charge in [0.25, 0.3) is 0 Å². The Labute approximate surface area is 176 Å². The summed E-state index contributed by atoms with van der Waals surface area (Å²) in [5.41, 5.74) is 1.62. The predicted molar refractivity (Wildman–Crippen MR) is 121 cm³/mol. The molecule has 0 radical (unpaired) electrons. The van der Waals surface area contributed by atoms with E-state index in [0.717, 1.165) is 51.4 Å². The summed E-state index contributed by atoms with van der Waals surface area (Å²) < 4.78 is 0. The topological polar surface area (TPSA) is 47.9 Å². The van der Waals surface area contributed by atoms with Gasteiger partial charge in [0.05, 0.1) is 6.10 Å². The van der Waals surface area contributed by atoms with Crippen LogP contribution >= 0.6 is 24.0 Å². The molecule has 0 unspecified atom stereocenters. The van der Waals surface area contributed by atoms with Crippen molar-refractivity contribution in [1.82, 2.24) is 10.2 Å². The summed E-state index contributed by atoms with van der Waals surface area (Å²) in [6.07, 6.45) is 5.03. The van der Waals surface area contributed by atoms with Gasteiger partial charge < -0.3 is 15.3 Å². The van der Waals surface area contributed by atoms with Gasteiger partial charge >= 0.3 is 0 Å². The van der Waals surface area contributed by atoms with Crippen LogP contribution in [0.15, 0.2) is 35.3 Å². The number of aliphatic hydroxyl groups is 1. The number of nitrogens with one attached hydrogen (secondary N) is 1. The Morgan fingerprint density at radius 3 is 2.50 bits per heavy atom. The Morgan fingerprint density at radius 2 is 1.88 bits per heavy atom. The zero-order chi connectivity index (χ0) is 18.1. The van der Waals surface area contributed by atoms with Crippen molar-refractivity contribution in [2.75, 3.05) is 26.2 Å². The highest BCUT2D eigenvalue weighted by Crippen LogP contribution is 2.24. The van der Waals surface area contributed by atoms with E-state index in [1.807, 2.05) is 0 Å². The number of hydrogen-bond acceptors (Lipinski definition) is 2. The van der Waals surface area contributed by atoms with E-state index >= 15 is 0 Å². The molecule has 0 amide bonds. The third-order valence-electron chi connectivity index (χ3n) is 4.92. The number of aliphatic hydroxyl groups excluding tert-OH is 1. The monoisotopic (exact) mass is 473 g/mol. The maximum atomic E-state index is 9.70. The minimum absolute atomic E-state index is 0. The summed E-state index contributed by atoms with van der Waals surface area (Å²) >= 11 is 0. The lowest BCUT2D eigenvalue weighted by molar-refractivity contribution is 0.108. The molecule has 5 heteroatoms. The highest BCUT2D eigenvalue weighted by Gasteiger charge is 2.22. The normalized spacial score (nSPS) is 16.3. The number of hydrogen-bond donors (Lipinski definition) is 2. The van der Waals surface area contributed by atoms with Gasteiger partial charge in [-0.05, 0) is 50.0 Å². The van der Waals surface area contributed by atoms with Gasteiger partial charge in [-0.3, -0.25) is 4.99 Å². The largest absolute Gasteiger partial charge is 0.393 e. The van der Waals surface area contributed by atoms with Crippen LogP contribution in [0.5, 0.6) is 0 Å². The third kappa shape index (κ3) is 8.25. The van der Waals surface area contributed by atoms with Crippen molar-refractivity contribution in [3.63, 3.8) is 0 Å².